The van der Waals surface area contributed by atoms with Crippen LogP contribution in [0.1, 0.15) is 290 Å². The molecule has 0 saturated carbocycles. The molecule has 1 heterocycles. The van der Waals surface area contributed by atoms with Crippen molar-refractivity contribution < 1.29 is 49.3 Å². The molecule has 0 aromatic heterocycles. The van der Waals surface area contributed by atoms with E-state index >= 15 is 0 Å². The van der Waals surface area contributed by atoms with Crippen molar-refractivity contribution >= 4 is 11.9 Å². The third-order valence-corrected chi connectivity index (χ3v) is 14.7. The Morgan fingerprint density at radius 2 is 0.865 bits per heavy atom. The minimum Gasteiger partial charge on any atom is -0.466 e. The van der Waals surface area contributed by atoms with E-state index in [1.165, 1.54) is 186 Å². The van der Waals surface area contributed by atoms with E-state index in [4.69, 9.17) is 14.2 Å². The molecule has 434 valence electrons. The highest BCUT2D eigenvalue weighted by atomic mass is 16.7. The van der Waals surface area contributed by atoms with Crippen molar-refractivity contribution in [3.8, 4) is 0 Å². The molecule has 1 fully saturated rings. The van der Waals surface area contributed by atoms with Gasteiger partial charge in [0, 0.05) is 12.8 Å². The second-order valence-corrected chi connectivity index (χ2v) is 21.8. The molecular formula is C63H117NO10. The van der Waals surface area contributed by atoms with E-state index in [0.29, 0.717) is 19.4 Å². The maximum atomic E-state index is 13.0. The molecule has 1 saturated heterocycles. The predicted molar refractivity (Wildman–Crippen MR) is 306 cm³/mol. The van der Waals surface area contributed by atoms with Crippen LogP contribution in [0.2, 0.25) is 0 Å². The first-order chi connectivity index (χ1) is 36.2. The lowest BCUT2D eigenvalue weighted by atomic mass is 9.99. The van der Waals surface area contributed by atoms with E-state index < -0.39 is 49.5 Å². The van der Waals surface area contributed by atoms with Gasteiger partial charge < -0.3 is 45.1 Å². The van der Waals surface area contributed by atoms with Gasteiger partial charge in [0.05, 0.1) is 32.0 Å². The van der Waals surface area contributed by atoms with Gasteiger partial charge in [0.15, 0.2) is 6.29 Å². The number of aliphatic hydroxyl groups excluding tert-OH is 5. The zero-order valence-electron chi connectivity index (χ0n) is 47.8. The van der Waals surface area contributed by atoms with Crippen molar-refractivity contribution in [2.75, 3.05) is 19.8 Å². The Kier molecular flexibility index (Phi) is 50.0. The van der Waals surface area contributed by atoms with Crippen molar-refractivity contribution in [1.82, 2.24) is 5.32 Å². The Labute approximate surface area is 453 Å². The Balaban J connectivity index is 2.00. The van der Waals surface area contributed by atoms with Gasteiger partial charge in [-0.2, -0.15) is 0 Å². The summed E-state index contributed by atoms with van der Waals surface area (Å²) in [4.78, 5) is 25.1. The highest BCUT2D eigenvalue weighted by molar-refractivity contribution is 5.76. The summed E-state index contributed by atoms with van der Waals surface area (Å²) in [6.07, 6.45) is 55.4. The molecule has 0 radical (unpaired) electrons. The summed E-state index contributed by atoms with van der Waals surface area (Å²) in [5.74, 6) is -0.202. The lowest BCUT2D eigenvalue weighted by Crippen LogP contribution is -2.60. The summed E-state index contributed by atoms with van der Waals surface area (Å²) >= 11 is 0. The van der Waals surface area contributed by atoms with E-state index in [0.717, 1.165) is 77.0 Å². The molecule has 0 aliphatic carbocycles. The smallest absolute Gasteiger partial charge is 0.305 e. The molecule has 1 rings (SSSR count). The molecule has 1 amide bonds. The Morgan fingerprint density at radius 1 is 0.486 bits per heavy atom. The van der Waals surface area contributed by atoms with Gasteiger partial charge in [-0.1, -0.05) is 230 Å². The number of hydrogen-bond acceptors (Lipinski definition) is 10. The second kappa shape index (κ2) is 52.9. The first kappa shape index (κ1) is 69.9. The van der Waals surface area contributed by atoms with Crippen molar-refractivity contribution in [2.45, 2.75) is 333 Å². The normalized spacial score (nSPS) is 19.0. The van der Waals surface area contributed by atoms with Crippen LogP contribution in [0.4, 0.5) is 0 Å². The van der Waals surface area contributed by atoms with E-state index in [-0.39, 0.29) is 18.5 Å². The number of amides is 1. The fourth-order valence-electron chi connectivity index (χ4n) is 9.72. The zero-order chi connectivity index (χ0) is 53.8. The number of hydrogen-bond donors (Lipinski definition) is 6. The van der Waals surface area contributed by atoms with Crippen LogP contribution in [0.25, 0.3) is 0 Å². The fraction of sp³-hybridized carbons (Fsp3) is 0.873. The van der Waals surface area contributed by atoms with Crippen LogP contribution >= 0.6 is 0 Å². The van der Waals surface area contributed by atoms with Crippen molar-refractivity contribution in [3.05, 3.63) is 36.5 Å². The van der Waals surface area contributed by atoms with Crippen LogP contribution in [0, 0.1) is 0 Å². The number of rotatable bonds is 54. The third-order valence-electron chi connectivity index (χ3n) is 14.7. The van der Waals surface area contributed by atoms with Crippen LogP contribution in [-0.4, -0.2) is 100 Å². The maximum absolute atomic E-state index is 13.0. The average molecular weight is 1050 g/mol. The molecule has 7 atom stereocenters. The highest BCUT2D eigenvalue weighted by Gasteiger charge is 2.44. The topological polar surface area (TPSA) is 175 Å². The first-order valence-corrected chi connectivity index (χ1v) is 31.3. The number of aliphatic hydroxyl groups is 5. The lowest BCUT2D eigenvalue weighted by Gasteiger charge is -2.40. The number of ether oxygens (including phenoxy) is 3. The monoisotopic (exact) mass is 1050 g/mol. The molecule has 11 nitrogen and oxygen atoms in total. The molecule has 1 aliphatic rings. The van der Waals surface area contributed by atoms with Gasteiger partial charge in [-0.15, -0.1) is 0 Å². The quantitative estimate of drug-likeness (QED) is 0.0195. The SMILES string of the molecule is CCCCCCCC/C=C\CCCCCCCC(=O)OCCCCCCCCCCCCC/C=C\CCCCCCCCCC(=O)NC(COC1OC(CO)C(O)C(O)C1O)C(O)/C=C/CCCCCCCCC. The van der Waals surface area contributed by atoms with Crippen LogP contribution in [-0.2, 0) is 23.8 Å². The van der Waals surface area contributed by atoms with Crippen molar-refractivity contribution in [2.24, 2.45) is 0 Å². The molecule has 0 bridgehead atoms. The van der Waals surface area contributed by atoms with E-state index in [1.807, 2.05) is 6.08 Å². The van der Waals surface area contributed by atoms with E-state index in [9.17, 15) is 35.1 Å². The molecular weight excluding hydrogens is 931 g/mol. The first-order valence-electron chi connectivity index (χ1n) is 31.3. The minimum atomic E-state index is -1.57. The summed E-state index contributed by atoms with van der Waals surface area (Å²) in [7, 11) is 0. The van der Waals surface area contributed by atoms with Crippen LogP contribution in [0.15, 0.2) is 36.5 Å². The van der Waals surface area contributed by atoms with E-state index in [2.05, 4.69) is 43.5 Å². The molecule has 7 unspecified atom stereocenters. The van der Waals surface area contributed by atoms with Crippen molar-refractivity contribution in [3.63, 3.8) is 0 Å². The molecule has 6 N–H and O–H groups in total. The van der Waals surface area contributed by atoms with Gasteiger partial charge in [-0.25, -0.2) is 0 Å². The molecule has 1 aliphatic heterocycles. The largest absolute Gasteiger partial charge is 0.466 e. The average Bonchev–Trinajstić information content (AvgIpc) is 3.40. The fourth-order valence-corrected chi connectivity index (χ4v) is 9.72. The van der Waals surface area contributed by atoms with Gasteiger partial charge >= 0.3 is 5.97 Å². The Morgan fingerprint density at radius 3 is 1.30 bits per heavy atom. The number of carbonyl (C=O) groups excluding carboxylic acids is 2. The highest BCUT2D eigenvalue weighted by Crippen LogP contribution is 2.23. The molecule has 11 heteroatoms. The maximum Gasteiger partial charge on any atom is 0.305 e. The summed E-state index contributed by atoms with van der Waals surface area (Å²) in [6, 6.07) is -0.814. The van der Waals surface area contributed by atoms with Crippen LogP contribution < -0.4 is 5.32 Å². The predicted octanol–water partition coefficient (Wildman–Crippen LogP) is 14.7. The number of nitrogens with one attached hydrogen (secondary N) is 1. The Bertz CT molecular complexity index is 1320. The lowest BCUT2D eigenvalue weighted by molar-refractivity contribution is -0.302. The van der Waals surface area contributed by atoms with E-state index in [1.54, 1.807) is 6.08 Å². The van der Waals surface area contributed by atoms with Gasteiger partial charge in [-0.3, -0.25) is 9.59 Å². The summed E-state index contributed by atoms with van der Waals surface area (Å²) in [5, 5.41) is 54.2. The Hall–Kier alpha value is -2.12. The van der Waals surface area contributed by atoms with Gasteiger partial charge in [0.2, 0.25) is 5.91 Å². The molecule has 0 aromatic carbocycles. The number of allylic oxidation sites excluding steroid dienone is 5. The molecule has 74 heavy (non-hydrogen) atoms. The number of esters is 1. The summed E-state index contributed by atoms with van der Waals surface area (Å²) in [5.41, 5.74) is 0. The summed E-state index contributed by atoms with van der Waals surface area (Å²) in [6.45, 7) is 4.30. The number of carbonyl (C=O) groups is 2. The second-order valence-electron chi connectivity index (χ2n) is 21.8. The third kappa shape index (κ3) is 42.0. The van der Waals surface area contributed by atoms with Gasteiger partial charge in [-0.05, 0) is 83.5 Å². The minimum absolute atomic E-state index is 0.0106. The molecule has 0 spiro atoms. The van der Waals surface area contributed by atoms with Crippen molar-refractivity contribution in [1.29, 1.82) is 0 Å². The van der Waals surface area contributed by atoms with Gasteiger partial charge in [0.25, 0.3) is 0 Å². The summed E-state index contributed by atoms with van der Waals surface area (Å²) < 4.78 is 16.7. The molecule has 0 aromatic rings. The van der Waals surface area contributed by atoms with Crippen LogP contribution in [0.3, 0.4) is 0 Å². The van der Waals surface area contributed by atoms with Gasteiger partial charge in [0.1, 0.15) is 24.4 Å². The number of unbranched alkanes of at least 4 members (excludes halogenated alkanes) is 36. The zero-order valence-corrected chi connectivity index (χ0v) is 47.8. The standard InChI is InChI=1S/C63H117NO10/c1-3-5-7-9-11-13-14-15-24-28-31-35-39-43-47-51-59(68)72-52-48-44-40-36-32-29-26-23-21-19-17-16-18-20-22-25-27-30-34-38-42-46-50-58(67)64-55(56(66)49-45-41-37-33-12-10-8-6-4-2)54-73-63-62(71)61(70)60(69)57(53-65)74-63/h15,18,20,24,45,49,55-57,60-63,65-66,69-71H,3-14,16-17,19,21-23,25-44,46-48,50-54H2,1-2H3,(H,64,67)/b20-18-,24-15-,49-45+. The van der Waals surface area contributed by atoms with Crippen LogP contribution in [0.5, 0.6) is 0 Å².